The third-order valence-electron chi connectivity index (χ3n) is 2.90. The first-order valence-electron chi connectivity index (χ1n) is 6.17. The van der Waals surface area contributed by atoms with Crippen LogP contribution >= 0.6 is 0 Å². The van der Waals surface area contributed by atoms with Gasteiger partial charge >= 0.3 is 0 Å². The van der Waals surface area contributed by atoms with Crippen LogP contribution in [0.4, 0.5) is 0 Å². The number of para-hydroxylation sites is 1. The van der Waals surface area contributed by atoms with Gasteiger partial charge in [0, 0.05) is 29.9 Å². The molecule has 2 aromatic rings. The van der Waals surface area contributed by atoms with E-state index < -0.39 is 0 Å². The van der Waals surface area contributed by atoms with E-state index in [0.717, 1.165) is 16.9 Å². The van der Waals surface area contributed by atoms with Gasteiger partial charge in [0.15, 0.2) is 0 Å². The number of nitrogens with one attached hydrogen (secondary N) is 2. The first-order chi connectivity index (χ1) is 9.31. The second kappa shape index (κ2) is 6.62. The number of rotatable bonds is 6. The van der Waals surface area contributed by atoms with Crippen LogP contribution in [0.5, 0.6) is 5.75 Å². The first-order valence-corrected chi connectivity index (χ1v) is 6.17. The average Bonchev–Trinajstić information content (AvgIpc) is 2.97. The summed E-state index contributed by atoms with van der Waals surface area (Å²) in [5.74, 6) is 3.30. The molecule has 0 bridgehead atoms. The Labute approximate surface area is 113 Å². The molecule has 0 fully saturated rings. The van der Waals surface area contributed by atoms with E-state index in [-0.39, 0.29) is 12.6 Å². The third kappa shape index (κ3) is 3.60. The Balaban J connectivity index is 1.97. The second-order valence-electron chi connectivity index (χ2n) is 4.23. The van der Waals surface area contributed by atoms with E-state index in [2.05, 4.69) is 28.4 Å². The lowest BCUT2D eigenvalue weighted by Crippen LogP contribution is -2.18. The summed E-state index contributed by atoms with van der Waals surface area (Å²) in [6.07, 6.45) is 8.92. The van der Waals surface area contributed by atoms with Gasteiger partial charge in [-0.3, -0.25) is 5.10 Å². The van der Waals surface area contributed by atoms with Crippen molar-refractivity contribution in [3.63, 3.8) is 0 Å². The van der Waals surface area contributed by atoms with E-state index in [1.807, 2.05) is 36.7 Å². The number of aromatic nitrogens is 2. The maximum atomic E-state index is 5.51. The number of terminal acetylenes is 1. The van der Waals surface area contributed by atoms with Crippen LogP contribution in [0.25, 0.3) is 0 Å². The molecule has 1 heterocycles. The summed E-state index contributed by atoms with van der Waals surface area (Å²) >= 11 is 0. The Morgan fingerprint density at radius 3 is 3.05 bits per heavy atom. The van der Waals surface area contributed by atoms with Crippen molar-refractivity contribution >= 4 is 0 Å². The largest absolute Gasteiger partial charge is 0.481 e. The molecule has 0 aliphatic heterocycles. The number of hydrogen-bond acceptors (Lipinski definition) is 3. The van der Waals surface area contributed by atoms with Crippen molar-refractivity contribution in [2.24, 2.45) is 0 Å². The second-order valence-corrected chi connectivity index (χ2v) is 4.23. The van der Waals surface area contributed by atoms with E-state index in [4.69, 9.17) is 11.2 Å². The Hall–Kier alpha value is -2.25. The van der Waals surface area contributed by atoms with Gasteiger partial charge < -0.3 is 10.1 Å². The van der Waals surface area contributed by atoms with Crippen LogP contribution in [0.1, 0.15) is 24.1 Å². The summed E-state index contributed by atoms with van der Waals surface area (Å²) in [7, 11) is 0. The molecule has 2 rings (SSSR count). The van der Waals surface area contributed by atoms with Crippen LogP contribution in [0.2, 0.25) is 0 Å². The maximum absolute atomic E-state index is 5.51. The van der Waals surface area contributed by atoms with E-state index in [0.29, 0.717) is 6.54 Å². The van der Waals surface area contributed by atoms with Gasteiger partial charge in [0.2, 0.25) is 0 Å². The highest BCUT2D eigenvalue weighted by atomic mass is 16.5. The van der Waals surface area contributed by atoms with Crippen molar-refractivity contribution < 1.29 is 4.74 Å². The topological polar surface area (TPSA) is 49.9 Å². The summed E-state index contributed by atoms with van der Waals surface area (Å²) < 4.78 is 5.51. The lowest BCUT2D eigenvalue weighted by Gasteiger charge is -2.14. The van der Waals surface area contributed by atoms with Crippen molar-refractivity contribution in [2.45, 2.75) is 19.5 Å². The van der Waals surface area contributed by atoms with Crippen LogP contribution < -0.4 is 10.1 Å². The van der Waals surface area contributed by atoms with E-state index >= 15 is 0 Å². The molecular formula is C15H17N3O. The van der Waals surface area contributed by atoms with Crippen molar-refractivity contribution in [3.8, 4) is 18.1 Å². The minimum absolute atomic E-state index is 0.222. The molecule has 4 heteroatoms. The Bertz CT molecular complexity index is 543. The molecule has 1 aromatic carbocycles. The van der Waals surface area contributed by atoms with Crippen LogP contribution in [-0.4, -0.2) is 16.8 Å². The molecule has 0 saturated heterocycles. The molecule has 1 atom stereocenters. The number of ether oxygens (including phenoxy) is 1. The van der Waals surface area contributed by atoms with Crippen molar-refractivity contribution in [3.05, 3.63) is 47.8 Å². The fourth-order valence-corrected chi connectivity index (χ4v) is 1.79. The lowest BCUT2D eigenvalue weighted by molar-refractivity contribution is 0.364. The highest BCUT2D eigenvalue weighted by Crippen LogP contribution is 2.19. The highest BCUT2D eigenvalue weighted by Gasteiger charge is 2.08. The molecule has 4 nitrogen and oxygen atoms in total. The molecule has 1 unspecified atom stereocenters. The SMILES string of the molecule is C#CCOc1ccccc1CNC(C)c1cn[nH]c1. The van der Waals surface area contributed by atoms with Crippen molar-refractivity contribution in [1.82, 2.24) is 15.5 Å². The molecule has 1 aromatic heterocycles. The summed E-state index contributed by atoms with van der Waals surface area (Å²) in [5, 5.41) is 10.2. The molecular weight excluding hydrogens is 238 g/mol. The van der Waals surface area contributed by atoms with Gasteiger partial charge in [0.05, 0.1) is 6.20 Å². The minimum Gasteiger partial charge on any atom is -0.481 e. The van der Waals surface area contributed by atoms with E-state index in [1.54, 1.807) is 0 Å². The molecule has 0 aliphatic carbocycles. The van der Waals surface area contributed by atoms with Gasteiger partial charge in [0.1, 0.15) is 12.4 Å². The zero-order valence-electron chi connectivity index (χ0n) is 10.9. The van der Waals surface area contributed by atoms with Crippen LogP contribution in [0.3, 0.4) is 0 Å². The van der Waals surface area contributed by atoms with Gasteiger partial charge in [-0.2, -0.15) is 5.10 Å². The molecule has 0 radical (unpaired) electrons. The zero-order valence-corrected chi connectivity index (χ0v) is 10.9. The summed E-state index contributed by atoms with van der Waals surface area (Å²) in [4.78, 5) is 0. The molecule has 2 N–H and O–H groups in total. The predicted octanol–water partition coefficient (Wildman–Crippen LogP) is 2.27. The smallest absolute Gasteiger partial charge is 0.148 e. The standard InChI is InChI=1S/C15H17N3O/c1-3-8-19-15-7-5-4-6-13(15)9-16-12(2)14-10-17-18-11-14/h1,4-7,10-12,16H,8-9H2,2H3,(H,17,18). The predicted molar refractivity (Wildman–Crippen MR) is 74.6 cm³/mol. The first kappa shape index (κ1) is 13.2. The van der Waals surface area contributed by atoms with Gasteiger partial charge in [-0.05, 0) is 13.0 Å². The lowest BCUT2D eigenvalue weighted by atomic mass is 10.1. The van der Waals surface area contributed by atoms with Crippen LogP contribution in [0.15, 0.2) is 36.7 Å². The number of hydrogen-bond donors (Lipinski definition) is 2. The van der Waals surface area contributed by atoms with Gasteiger partial charge in [-0.1, -0.05) is 24.1 Å². The Morgan fingerprint density at radius 1 is 1.47 bits per heavy atom. The van der Waals surface area contributed by atoms with E-state index in [1.165, 1.54) is 0 Å². The van der Waals surface area contributed by atoms with Gasteiger partial charge in [-0.15, -0.1) is 6.42 Å². The Morgan fingerprint density at radius 2 is 2.32 bits per heavy atom. The fraction of sp³-hybridized carbons (Fsp3) is 0.267. The minimum atomic E-state index is 0.222. The number of benzene rings is 1. The number of aromatic amines is 1. The monoisotopic (exact) mass is 255 g/mol. The van der Waals surface area contributed by atoms with E-state index in [9.17, 15) is 0 Å². The third-order valence-corrected chi connectivity index (χ3v) is 2.90. The Kier molecular flexibility index (Phi) is 4.60. The molecule has 0 amide bonds. The molecule has 19 heavy (non-hydrogen) atoms. The van der Waals surface area contributed by atoms with Gasteiger partial charge in [0.25, 0.3) is 0 Å². The van der Waals surface area contributed by atoms with Crippen molar-refractivity contribution in [1.29, 1.82) is 0 Å². The van der Waals surface area contributed by atoms with Crippen LogP contribution in [0, 0.1) is 12.3 Å². The highest BCUT2D eigenvalue weighted by molar-refractivity contribution is 5.33. The maximum Gasteiger partial charge on any atom is 0.148 e. The average molecular weight is 255 g/mol. The summed E-state index contributed by atoms with van der Waals surface area (Å²) in [5.41, 5.74) is 2.22. The molecule has 0 spiro atoms. The fourth-order valence-electron chi connectivity index (χ4n) is 1.79. The van der Waals surface area contributed by atoms with Crippen molar-refractivity contribution in [2.75, 3.05) is 6.61 Å². The molecule has 0 saturated carbocycles. The summed E-state index contributed by atoms with van der Waals surface area (Å²) in [6, 6.07) is 8.11. The summed E-state index contributed by atoms with van der Waals surface area (Å²) in [6.45, 7) is 3.09. The molecule has 0 aliphatic rings. The zero-order chi connectivity index (χ0) is 13.5. The van der Waals surface area contributed by atoms with Gasteiger partial charge in [-0.25, -0.2) is 0 Å². The number of nitrogens with zero attached hydrogens (tertiary/aromatic N) is 1. The quantitative estimate of drug-likeness (QED) is 0.778. The van der Waals surface area contributed by atoms with Crippen LogP contribution in [-0.2, 0) is 6.54 Å². The molecule has 98 valence electrons. The number of H-pyrrole nitrogens is 1. The normalized spacial score (nSPS) is 11.8.